The highest BCUT2D eigenvalue weighted by Crippen LogP contribution is 2.13. The minimum Gasteiger partial charge on any atom is -0.463 e. The minimum absolute atomic E-state index is 0.140. The first-order valence-corrected chi connectivity index (χ1v) is 6.89. The van der Waals surface area contributed by atoms with Gasteiger partial charge in [-0.05, 0) is 31.4 Å². The maximum Gasteiger partial charge on any atom is 0.332 e. The van der Waals surface area contributed by atoms with Gasteiger partial charge in [0, 0.05) is 20.5 Å². The van der Waals surface area contributed by atoms with Gasteiger partial charge in [-0.3, -0.25) is 18.7 Å². The third kappa shape index (κ3) is 4.03. The molecular weight excluding hydrogens is 292 g/mol. The molecule has 9 heteroatoms. The average Bonchev–Trinajstić information content (AvgIpc) is 2.44. The lowest BCUT2D eigenvalue weighted by molar-refractivity contribution is -0.145. The highest BCUT2D eigenvalue weighted by atomic mass is 16.5. The van der Waals surface area contributed by atoms with E-state index in [9.17, 15) is 19.3 Å². The van der Waals surface area contributed by atoms with Gasteiger partial charge in [0.05, 0.1) is 6.10 Å². The van der Waals surface area contributed by atoms with Crippen molar-refractivity contribution in [2.24, 2.45) is 12.2 Å². The molecule has 1 rings (SSSR count). The van der Waals surface area contributed by atoms with E-state index in [0.717, 1.165) is 9.13 Å². The number of ether oxygens (including phenoxy) is 1. The van der Waals surface area contributed by atoms with Crippen molar-refractivity contribution in [3.63, 3.8) is 0 Å². The number of carbonyl (C=O) groups excluding carboxylic acids is 1. The molecule has 1 aromatic rings. The second-order valence-corrected chi connectivity index (χ2v) is 5.04. The summed E-state index contributed by atoms with van der Waals surface area (Å²) in [6, 6.07) is 0. The summed E-state index contributed by atoms with van der Waals surface area (Å²) in [6.07, 6.45) is 1.56. The normalized spacial score (nSPS) is 12.0. The van der Waals surface area contributed by atoms with Gasteiger partial charge in [-0.25, -0.2) is 4.79 Å². The van der Waals surface area contributed by atoms with Gasteiger partial charge in [0.15, 0.2) is 0 Å². The number of nitrogens with two attached hydrogens (primary N) is 1. The second kappa shape index (κ2) is 7.53. The van der Waals surface area contributed by atoms with E-state index < -0.39 is 16.9 Å². The average molecular weight is 312 g/mol. The Hall–Kier alpha value is -2.45. The van der Waals surface area contributed by atoms with Crippen LogP contribution in [0.2, 0.25) is 0 Å². The molecular formula is C13H20N4O5. The van der Waals surface area contributed by atoms with Gasteiger partial charge in [0.2, 0.25) is 5.69 Å². The molecule has 0 unspecified atom stereocenters. The van der Waals surface area contributed by atoms with E-state index in [1.54, 1.807) is 6.92 Å². The Labute approximate surface area is 126 Å². The third-order valence-corrected chi connectivity index (χ3v) is 3.27. The second-order valence-electron chi connectivity index (χ2n) is 5.04. The van der Waals surface area contributed by atoms with Crippen LogP contribution in [0.4, 0.5) is 11.5 Å². The predicted molar refractivity (Wildman–Crippen MR) is 80.9 cm³/mol. The molecule has 2 N–H and O–H groups in total. The van der Waals surface area contributed by atoms with Crippen molar-refractivity contribution in [2.75, 3.05) is 5.73 Å². The zero-order valence-corrected chi connectivity index (χ0v) is 12.9. The Morgan fingerprint density at radius 1 is 1.36 bits per heavy atom. The number of hydrogen-bond acceptors (Lipinski definition) is 7. The first kappa shape index (κ1) is 17.6. The molecule has 0 aliphatic carbocycles. The summed E-state index contributed by atoms with van der Waals surface area (Å²) in [4.78, 5) is 45.4. The number of nitroso groups, excluding NO2 is 1. The third-order valence-electron chi connectivity index (χ3n) is 3.27. The van der Waals surface area contributed by atoms with Gasteiger partial charge in [-0.2, -0.15) is 0 Å². The van der Waals surface area contributed by atoms with Crippen molar-refractivity contribution >= 4 is 17.5 Å². The maximum atomic E-state index is 12.0. The van der Waals surface area contributed by atoms with Crippen LogP contribution in [0.5, 0.6) is 0 Å². The quantitative estimate of drug-likeness (QED) is 0.447. The van der Waals surface area contributed by atoms with Gasteiger partial charge in [0.25, 0.3) is 5.56 Å². The van der Waals surface area contributed by atoms with Crippen LogP contribution in [0.25, 0.3) is 0 Å². The molecule has 9 nitrogen and oxygen atoms in total. The van der Waals surface area contributed by atoms with E-state index in [0.29, 0.717) is 19.3 Å². The standard InChI is InChI=1S/C13H20N4O5/c1-8(22-9(2)18)6-4-5-7-17-12(19)10(15-21)11(14)16(3)13(17)20/h8H,4-7,14H2,1-3H3/t8-/m1/s1. The Morgan fingerprint density at radius 2 is 2.00 bits per heavy atom. The number of carbonyl (C=O) groups is 1. The van der Waals surface area contributed by atoms with Crippen LogP contribution in [0.1, 0.15) is 33.1 Å². The Kier molecular flexibility index (Phi) is 6.02. The molecule has 1 heterocycles. The number of aromatic nitrogens is 2. The summed E-state index contributed by atoms with van der Waals surface area (Å²) in [7, 11) is 1.37. The summed E-state index contributed by atoms with van der Waals surface area (Å²) in [5, 5.41) is 2.60. The van der Waals surface area contributed by atoms with Crippen LogP contribution in [0.3, 0.4) is 0 Å². The molecule has 22 heavy (non-hydrogen) atoms. The van der Waals surface area contributed by atoms with Crippen molar-refractivity contribution in [1.29, 1.82) is 0 Å². The molecule has 0 fully saturated rings. The van der Waals surface area contributed by atoms with Crippen molar-refractivity contribution in [3.05, 3.63) is 25.7 Å². The zero-order chi connectivity index (χ0) is 16.9. The van der Waals surface area contributed by atoms with E-state index in [4.69, 9.17) is 10.5 Å². The van der Waals surface area contributed by atoms with Crippen LogP contribution in [-0.2, 0) is 23.1 Å². The highest BCUT2D eigenvalue weighted by Gasteiger charge is 2.15. The van der Waals surface area contributed by atoms with E-state index in [1.165, 1.54) is 14.0 Å². The van der Waals surface area contributed by atoms with Gasteiger partial charge in [0.1, 0.15) is 5.82 Å². The van der Waals surface area contributed by atoms with Crippen LogP contribution in [-0.4, -0.2) is 21.2 Å². The number of rotatable bonds is 7. The number of unbranched alkanes of at least 4 members (excludes halogenated alkanes) is 1. The summed E-state index contributed by atoms with van der Waals surface area (Å²) in [5.74, 6) is -0.595. The molecule has 0 aliphatic rings. The molecule has 0 radical (unpaired) electrons. The fourth-order valence-corrected chi connectivity index (χ4v) is 2.09. The lowest BCUT2D eigenvalue weighted by Gasteiger charge is -2.12. The Balaban J connectivity index is 2.77. The van der Waals surface area contributed by atoms with Gasteiger partial charge >= 0.3 is 11.7 Å². The number of hydrogen-bond donors (Lipinski definition) is 1. The van der Waals surface area contributed by atoms with Crippen molar-refractivity contribution in [2.45, 2.75) is 45.8 Å². The minimum atomic E-state index is -0.788. The molecule has 0 saturated heterocycles. The van der Waals surface area contributed by atoms with Gasteiger partial charge < -0.3 is 10.5 Å². The molecule has 0 aromatic carbocycles. The summed E-state index contributed by atoms with van der Waals surface area (Å²) < 4.78 is 6.92. The van der Waals surface area contributed by atoms with Gasteiger partial charge in [-0.15, -0.1) is 4.91 Å². The first-order chi connectivity index (χ1) is 10.3. The number of nitrogen functional groups attached to an aromatic ring is 1. The molecule has 0 saturated carbocycles. The van der Waals surface area contributed by atoms with E-state index >= 15 is 0 Å². The van der Waals surface area contributed by atoms with E-state index in [1.807, 2.05) is 0 Å². The SMILES string of the molecule is CC(=O)O[C@H](C)CCCCn1c(=O)c(N=O)c(N)n(C)c1=O. The fourth-order valence-electron chi connectivity index (χ4n) is 2.09. The van der Waals surface area contributed by atoms with Crippen LogP contribution >= 0.6 is 0 Å². The lowest BCUT2D eigenvalue weighted by atomic mass is 10.2. The highest BCUT2D eigenvalue weighted by molar-refractivity contribution is 5.66. The monoisotopic (exact) mass is 312 g/mol. The molecule has 0 bridgehead atoms. The number of anilines is 1. The van der Waals surface area contributed by atoms with Crippen molar-refractivity contribution < 1.29 is 9.53 Å². The summed E-state index contributed by atoms with van der Waals surface area (Å²) >= 11 is 0. The van der Waals surface area contributed by atoms with Crippen LogP contribution in [0.15, 0.2) is 14.8 Å². The molecule has 0 amide bonds. The predicted octanol–water partition coefficient (Wildman–Crippen LogP) is 0.649. The topological polar surface area (TPSA) is 126 Å². The van der Waals surface area contributed by atoms with Crippen molar-refractivity contribution in [1.82, 2.24) is 9.13 Å². The molecule has 0 spiro atoms. The van der Waals surface area contributed by atoms with Crippen LogP contribution in [0, 0.1) is 4.91 Å². The number of nitrogens with zero attached hydrogens (tertiary/aromatic N) is 3. The molecule has 1 aromatic heterocycles. The molecule has 122 valence electrons. The fraction of sp³-hybridized carbons (Fsp3) is 0.615. The number of esters is 1. The Morgan fingerprint density at radius 3 is 2.55 bits per heavy atom. The summed E-state index contributed by atoms with van der Waals surface area (Å²) in [5.41, 5.74) is 3.67. The first-order valence-electron chi connectivity index (χ1n) is 6.89. The summed E-state index contributed by atoms with van der Waals surface area (Å²) in [6.45, 7) is 3.24. The van der Waals surface area contributed by atoms with Crippen LogP contribution < -0.4 is 17.0 Å². The Bertz CT molecular complexity index is 676. The largest absolute Gasteiger partial charge is 0.463 e. The van der Waals surface area contributed by atoms with E-state index in [2.05, 4.69) is 5.18 Å². The smallest absolute Gasteiger partial charge is 0.332 e. The molecule has 1 atom stereocenters. The zero-order valence-electron chi connectivity index (χ0n) is 12.9. The molecule has 0 aliphatic heterocycles. The van der Waals surface area contributed by atoms with E-state index in [-0.39, 0.29) is 24.4 Å². The van der Waals surface area contributed by atoms with Crippen molar-refractivity contribution in [3.8, 4) is 0 Å². The lowest BCUT2D eigenvalue weighted by Crippen LogP contribution is -2.39. The van der Waals surface area contributed by atoms with Gasteiger partial charge in [-0.1, -0.05) is 0 Å². The maximum absolute atomic E-state index is 12.0.